The molecule has 0 aliphatic heterocycles. The molecule has 5 nitrogen and oxygen atoms in total. The second-order valence-electron chi connectivity index (χ2n) is 6.01. The third kappa shape index (κ3) is 3.82. The highest BCUT2D eigenvalue weighted by Gasteiger charge is 2.25. The van der Waals surface area contributed by atoms with Crippen LogP contribution in [-0.4, -0.2) is 36.9 Å². The molecule has 22 heavy (non-hydrogen) atoms. The molecule has 2 unspecified atom stereocenters. The summed E-state index contributed by atoms with van der Waals surface area (Å²) in [7, 11) is 3.10. The lowest BCUT2D eigenvalue weighted by molar-refractivity contribution is -0.120. The number of amides is 2. The van der Waals surface area contributed by atoms with E-state index in [4.69, 9.17) is 5.73 Å². The number of nitrogens with one attached hydrogen (secondary N) is 1. The Kier molecular flexibility index (Phi) is 5.13. The minimum Gasteiger partial charge on any atom is -0.345 e. The molecule has 1 aliphatic carbocycles. The quantitative estimate of drug-likeness (QED) is 0.896. The smallest absolute Gasteiger partial charge is 0.256 e. The topological polar surface area (TPSA) is 75.4 Å². The van der Waals surface area contributed by atoms with Crippen molar-refractivity contribution in [1.29, 1.82) is 0 Å². The molecule has 2 rings (SSSR count). The third-order valence-electron chi connectivity index (χ3n) is 3.96. The number of anilines is 1. The molecule has 1 aliphatic rings. The maximum absolute atomic E-state index is 13.7. The van der Waals surface area contributed by atoms with Crippen molar-refractivity contribution < 1.29 is 14.0 Å². The molecule has 1 aromatic rings. The lowest BCUT2D eigenvalue weighted by Gasteiger charge is -2.25. The van der Waals surface area contributed by atoms with Crippen LogP contribution in [0.15, 0.2) is 18.2 Å². The third-order valence-corrected chi connectivity index (χ3v) is 3.96. The summed E-state index contributed by atoms with van der Waals surface area (Å²) in [5, 5.41) is 2.76. The Labute approximate surface area is 129 Å². The summed E-state index contributed by atoms with van der Waals surface area (Å²) in [4.78, 5) is 25.5. The van der Waals surface area contributed by atoms with Crippen LogP contribution in [0.2, 0.25) is 0 Å². The predicted molar refractivity (Wildman–Crippen MR) is 83.0 cm³/mol. The zero-order valence-electron chi connectivity index (χ0n) is 12.9. The maximum atomic E-state index is 13.7. The highest BCUT2D eigenvalue weighted by Crippen LogP contribution is 2.25. The fourth-order valence-corrected chi connectivity index (χ4v) is 2.72. The highest BCUT2D eigenvalue weighted by atomic mass is 19.1. The van der Waals surface area contributed by atoms with Crippen molar-refractivity contribution in [3.05, 3.63) is 29.6 Å². The molecule has 0 heterocycles. The molecule has 0 aromatic heterocycles. The average molecular weight is 307 g/mol. The van der Waals surface area contributed by atoms with Crippen molar-refractivity contribution >= 4 is 17.5 Å². The van der Waals surface area contributed by atoms with E-state index in [0.717, 1.165) is 19.3 Å². The van der Waals surface area contributed by atoms with Gasteiger partial charge >= 0.3 is 0 Å². The molecule has 2 amide bonds. The van der Waals surface area contributed by atoms with Gasteiger partial charge in [-0.15, -0.1) is 0 Å². The number of benzene rings is 1. The molecule has 1 saturated carbocycles. The molecule has 0 saturated heterocycles. The van der Waals surface area contributed by atoms with E-state index in [1.165, 1.54) is 23.1 Å². The molecule has 2 atom stereocenters. The van der Waals surface area contributed by atoms with Gasteiger partial charge in [-0.3, -0.25) is 9.59 Å². The van der Waals surface area contributed by atoms with E-state index in [9.17, 15) is 14.0 Å². The number of nitrogens with zero attached hydrogens (tertiary/aromatic N) is 1. The minimum absolute atomic E-state index is 0.0526. The molecule has 0 radical (unpaired) electrons. The Bertz CT molecular complexity index is 575. The van der Waals surface area contributed by atoms with Gasteiger partial charge < -0.3 is 16.0 Å². The van der Waals surface area contributed by atoms with Crippen LogP contribution in [0.1, 0.15) is 36.0 Å². The maximum Gasteiger partial charge on any atom is 0.256 e. The second kappa shape index (κ2) is 6.87. The van der Waals surface area contributed by atoms with Crippen LogP contribution in [0.5, 0.6) is 0 Å². The summed E-state index contributed by atoms with van der Waals surface area (Å²) in [6.45, 7) is 0. The molecule has 3 N–H and O–H groups in total. The van der Waals surface area contributed by atoms with Gasteiger partial charge in [-0.25, -0.2) is 4.39 Å². The standard InChI is InChI=1S/C16H22FN3O2/c1-20(2)16(22)13-9-12(6-7-14(13)17)19-15(21)10-4-3-5-11(18)8-10/h6-7,9-11H,3-5,8,18H2,1-2H3,(H,19,21). The van der Waals surface area contributed by atoms with Crippen molar-refractivity contribution in [1.82, 2.24) is 4.90 Å². The summed E-state index contributed by atoms with van der Waals surface area (Å²) in [6, 6.07) is 4.09. The number of hydrogen-bond acceptors (Lipinski definition) is 3. The first kappa shape index (κ1) is 16.4. The van der Waals surface area contributed by atoms with E-state index in [1.807, 2.05) is 0 Å². The molecule has 0 bridgehead atoms. The number of nitrogens with two attached hydrogens (primary N) is 1. The normalized spacial score (nSPS) is 21.3. The largest absolute Gasteiger partial charge is 0.345 e. The molecule has 120 valence electrons. The van der Waals surface area contributed by atoms with E-state index in [2.05, 4.69) is 5.32 Å². The van der Waals surface area contributed by atoms with Gasteiger partial charge in [-0.1, -0.05) is 6.42 Å². The minimum atomic E-state index is -0.601. The van der Waals surface area contributed by atoms with Gasteiger partial charge in [0.25, 0.3) is 5.91 Å². The van der Waals surface area contributed by atoms with Gasteiger partial charge in [0.2, 0.25) is 5.91 Å². The van der Waals surface area contributed by atoms with E-state index >= 15 is 0 Å². The van der Waals surface area contributed by atoms with Crippen LogP contribution < -0.4 is 11.1 Å². The van der Waals surface area contributed by atoms with Crippen LogP contribution in [0.25, 0.3) is 0 Å². The monoisotopic (exact) mass is 307 g/mol. The van der Waals surface area contributed by atoms with Crippen LogP contribution >= 0.6 is 0 Å². The number of carbonyl (C=O) groups excluding carboxylic acids is 2. The molecular formula is C16H22FN3O2. The zero-order valence-corrected chi connectivity index (χ0v) is 12.9. The Morgan fingerprint density at radius 1 is 1.32 bits per heavy atom. The number of halogens is 1. The van der Waals surface area contributed by atoms with Gasteiger partial charge in [-0.2, -0.15) is 0 Å². The number of hydrogen-bond donors (Lipinski definition) is 2. The predicted octanol–water partition coefficient (Wildman–Crippen LogP) is 1.98. The molecular weight excluding hydrogens is 285 g/mol. The SMILES string of the molecule is CN(C)C(=O)c1cc(NC(=O)C2CCCC(N)C2)ccc1F. The van der Waals surface area contributed by atoms with Gasteiger partial charge in [0, 0.05) is 31.7 Å². The molecule has 0 spiro atoms. The first-order valence-corrected chi connectivity index (χ1v) is 7.46. The van der Waals surface area contributed by atoms with Crippen LogP contribution in [0, 0.1) is 11.7 Å². The van der Waals surface area contributed by atoms with Crippen molar-refractivity contribution in [3.63, 3.8) is 0 Å². The lowest BCUT2D eigenvalue weighted by Crippen LogP contribution is -2.34. The Balaban J connectivity index is 2.11. The van der Waals surface area contributed by atoms with Crippen LogP contribution in [0.4, 0.5) is 10.1 Å². The van der Waals surface area contributed by atoms with Gasteiger partial charge in [0.05, 0.1) is 5.56 Å². The fraction of sp³-hybridized carbons (Fsp3) is 0.500. The van der Waals surface area contributed by atoms with E-state index in [-0.39, 0.29) is 23.4 Å². The fourth-order valence-electron chi connectivity index (χ4n) is 2.72. The van der Waals surface area contributed by atoms with E-state index in [0.29, 0.717) is 12.1 Å². The highest BCUT2D eigenvalue weighted by molar-refractivity contribution is 5.97. The van der Waals surface area contributed by atoms with E-state index in [1.54, 1.807) is 14.1 Å². The van der Waals surface area contributed by atoms with Crippen LogP contribution in [0.3, 0.4) is 0 Å². The van der Waals surface area contributed by atoms with E-state index < -0.39 is 11.7 Å². The molecule has 6 heteroatoms. The lowest BCUT2D eigenvalue weighted by atomic mass is 9.85. The zero-order chi connectivity index (χ0) is 16.3. The summed E-state index contributed by atoms with van der Waals surface area (Å²) in [5.74, 6) is -1.28. The first-order chi connectivity index (χ1) is 10.4. The number of rotatable bonds is 3. The summed E-state index contributed by atoms with van der Waals surface area (Å²) in [6.07, 6.45) is 3.36. The molecule has 1 fully saturated rings. The molecule has 1 aromatic carbocycles. The second-order valence-corrected chi connectivity index (χ2v) is 6.01. The van der Waals surface area contributed by atoms with Gasteiger partial charge in [0.1, 0.15) is 5.82 Å². The van der Waals surface area contributed by atoms with Crippen LogP contribution in [-0.2, 0) is 4.79 Å². The Hall–Kier alpha value is -1.95. The average Bonchev–Trinajstić information content (AvgIpc) is 2.48. The summed E-state index contributed by atoms with van der Waals surface area (Å²) < 4.78 is 13.7. The summed E-state index contributed by atoms with van der Waals surface area (Å²) in [5.41, 5.74) is 6.27. The van der Waals surface area contributed by atoms with Crippen molar-refractivity contribution in [2.45, 2.75) is 31.7 Å². The Morgan fingerprint density at radius 3 is 2.68 bits per heavy atom. The first-order valence-electron chi connectivity index (χ1n) is 7.46. The number of carbonyl (C=O) groups is 2. The van der Waals surface area contributed by atoms with Gasteiger partial charge in [0.15, 0.2) is 0 Å². The Morgan fingerprint density at radius 2 is 2.05 bits per heavy atom. The van der Waals surface area contributed by atoms with Crippen molar-refractivity contribution in [2.75, 3.05) is 19.4 Å². The van der Waals surface area contributed by atoms with Crippen molar-refractivity contribution in [3.8, 4) is 0 Å². The van der Waals surface area contributed by atoms with Crippen molar-refractivity contribution in [2.24, 2.45) is 11.7 Å². The summed E-state index contributed by atoms with van der Waals surface area (Å²) >= 11 is 0. The van der Waals surface area contributed by atoms with Gasteiger partial charge in [-0.05, 0) is 37.5 Å².